The Morgan fingerprint density at radius 1 is 1.44 bits per heavy atom. The van der Waals surface area contributed by atoms with E-state index in [2.05, 4.69) is 9.97 Å². The lowest BCUT2D eigenvalue weighted by molar-refractivity contribution is 0.103. The maximum absolute atomic E-state index is 15.4. The second kappa shape index (κ2) is 7.07. The minimum atomic E-state index is -5.07. The van der Waals surface area contributed by atoms with Crippen LogP contribution in [-0.2, 0) is 10.0 Å². The zero-order valence-corrected chi connectivity index (χ0v) is 14.4. The molecule has 0 radical (unpaired) electrons. The zero-order chi connectivity index (χ0) is 28.4. The number of anilines is 1. The number of hydrogen-bond acceptors (Lipinski definition) is 4. The summed E-state index contributed by atoms with van der Waals surface area (Å²) in [6, 6.07) is -3.26. The molecule has 2 heterocycles. The lowest BCUT2D eigenvalue weighted by atomic mass is 9.99. The van der Waals surface area contributed by atoms with Crippen molar-refractivity contribution in [2.45, 2.75) is 20.1 Å². The van der Waals surface area contributed by atoms with Crippen LogP contribution in [0.1, 0.15) is 48.4 Å². The Morgan fingerprint density at radius 3 is 2.96 bits per heavy atom. The van der Waals surface area contributed by atoms with Gasteiger partial charge in [-0.3, -0.25) is 9.52 Å². The molecule has 0 aliphatic carbocycles. The van der Waals surface area contributed by atoms with Crippen LogP contribution in [0, 0.1) is 18.6 Å². The summed E-state index contributed by atoms with van der Waals surface area (Å²) in [4.78, 5) is 19.3. The molecular weight excluding hydrogens is 376 g/mol. The molecule has 142 valence electrons. The van der Waals surface area contributed by atoms with E-state index in [1.807, 2.05) is 0 Å². The fourth-order valence-corrected chi connectivity index (χ4v) is 2.94. The van der Waals surface area contributed by atoms with Crippen molar-refractivity contribution in [3.05, 3.63) is 58.8 Å². The molecule has 2 aliphatic rings. The van der Waals surface area contributed by atoms with Crippen molar-refractivity contribution in [1.82, 2.24) is 9.97 Å². The number of sulfonamides is 1. The molecule has 3 rings (SSSR count). The van der Waals surface area contributed by atoms with E-state index in [0.29, 0.717) is 0 Å². The summed E-state index contributed by atoms with van der Waals surface area (Å²) in [5, 5.41) is 0. The van der Waals surface area contributed by atoms with E-state index in [-0.39, 0.29) is 23.1 Å². The highest BCUT2D eigenvalue weighted by Gasteiger charge is 2.27. The molecule has 0 bridgehead atoms. The number of aromatic nitrogens is 2. The topological polar surface area (TPSA) is 91.9 Å². The van der Waals surface area contributed by atoms with E-state index in [1.165, 1.54) is 11.6 Å². The molecule has 27 heavy (non-hydrogen) atoms. The smallest absolute Gasteiger partial charge is 0.232 e. The summed E-state index contributed by atoms with van der Waals surface area (Å²) >= 11 is 0. The third-order valence-electron chi connectivity index (χ3n) is 3.38. The highest BCUT2D eigenvalue weighted by atomic mass is 32.2. The van der Waals surface area contributed by atoms with Gasteiger partial charge in [0.2, 0.25) is 15.8 Å². The number of carbonyl (C=O) groups excluding carboxylic acids is 1. The van der Waals surface area contributed by atoms with Gasteiger partial charge in [-0.2, -0.15) is 0 Å². The van der Waals surface area contributed by atoms with Crippen molar-refractivity contribution in [3.63, 3.8) is 0 Å². The molecule has 0 atom stereocenters. The Labute approximate surface area is 169 Å². The molecule has 1 aromatic rings. The van der Waals surface area contributed by atoms with Gasteiger partial charge in [0.25, 0.3) is 0 Å². The molecule has 0 fully saturated rings. The zero-order valence-electron chi connectivity index (χ0n) is 23.5. The number of carbonyl (C=O) groups is 1. The number of nitrogens with one attached hydrogen (secondary N) is 2. The molecule has 0 saturated carbocycles. The van der Waals surface area contributed by atoms with Gasteiger partial charge in [0.1, 0.15) is 11.6 Å². The number of nitrogens with zero attached hydrogens (tertiary/aromatic N) is 1. The lowest BCUT2D eigenvalue weighted by Crippen LogP contribution is -2.18. The first kappa shape index (κ1) is 9.93. The summed E-state index contributed by atoms with van der Waals surface area (Å²) in [7, 11) is -5.07. The van der Waals surface area contributed by atoms with E-state index in [9.17, 15) is 17.6 Å². The second-order valence-corrected chi connectivity index (χ2v) is 7.04. The lowest BCUT2D eigenvalue weighted by Gasteiger charge is -2.11. The van der Waals surface area contributed by atoms with Crippen LogP contribution >= 0.6 is 0 Å². The van der Waals surface area contributed by atoms with Gasteiger partial charge < -0.3 is 4.98 Å². The van der Waals surface area contributed by atoms with Crippen molar-refractivity contribution < 1.29 is 35.7 Å². The summed E-state index contributed by atoms with van der Waals surface area (Å²) in [6.45, 7) is -2.08. The molecule has 0 saturated heterocycles. The minimum Gasteiger partial charge on any atom is -0.346 e. The maximum Gasteiger partial charge on any atom is 0.232 e. The average molecular weight is 403 g/mol. The number of pyridine rings is 1. The van der Waals surface area contributed by atoms with Crippen LogP contribution in [0.5, 0.6) is 0 Å². The van der Waals surface area contributed by atoms with Crippen LogP contribution in [0.4, 0.5) is 14.5 Å². The highest BCUT2D eigenvalue weighted by Crippen LogP contribution is 2.30. The number of rotatable bonds is 6. The van der Waals surface area contributed by atoms with Crippen LogP contribution in [0.15, 0.2) is 30.5 Å². The van der Waals surface area contributed by atoms with Crippen molar-refractivity contribution in [1.29, 1.82) is 0 Å². The molecule has 0 aromatic heterocycles. The van der Waals surface area contributed by atoms with E-state index in [1.54, 1.807) is 0 Å². The predicted octanol–water partition coefficient (Wildman–Crippen LogP) is 3.48. The van der Waals surface area contributed by atoms with Crippen LogP contribution in [0.25, 0.3) is 11.4 Å². The molecule has 0 amide bonds. The monoisotopic (exact) mass is 403 g/mol. The third-order valence-corrected chi connectivity index (χ3v) is 4.42. The quantitative estimate of drug-likeness (QED) is 0.617. The summed E-state index contributed by atoms with van der Waals surface area (Å²) in [5.41, 5.74) is -4.13. The highest BCUT2D eigenvalue weighted by molar-refractivity contribution is 7.92. The number of aromatic amines is 1. The molecular formula is C18H17F2N3O3S. The number of ketones is 1. The maximum atomic E-state index is 15.4. The largest absolute Gasteiger partial charge is 0.346 e. The van der Waals surface area contributed by atoms with Crippen LogP contribution in [0.3, 0.4) is 0 Å². The van der Waals surface area contributed by atoms with Crippen LogP contribution in [0.2, 0.25) is 0 Å². The van der Waals surface area contributed by atoms with Gasteiger partial charge in [0.15, 0.2) is 5.82 Å². The van der Waals surface area contributed by atoms with Crippen molar-refractivity contribution >= 4 is 21.5 Å². The van der Waals surface area contributed by atoms with Gasteiger partial charge >= 0.3 is 0 Å². The van der Waals surface area contributed by atoms with E-state index >= 15 is 4.39 Å². The van der Waals surface area contributed by atoms with Crippen molar-refractivity contribution in [3.8, 4) is 11.4 Å². The number of hydrogen-bond donors (Lipinski definition) is 2. The standard InChI is InChI=1S/C18H17F2N3O3S/c1-3-6-27(25,26)23-14-5-4-13(19)15(16(14)20)17(24)12-9-22-18-11(12)7-10(2)8-21-18/h4-5,7-9,23H,3,6H2,1-2H3,(H,21,22)/i1D3,3D2,4D,5D,7D,8D,9D. The molecule has 6 nitrogen and oxygen atoms in total. The molecule has 1 aromatic carbocycles. The first-order chi connectivity index (χ1) is 16.7. The fourth-order valence-electron chi connectivity index (χ4n) is 2.23. The Morgan fingerprint density at radius 2 is 2.22 bits per heavy atom. The SMILES string of the molecule is [2H]c1nc2[nH]c([2H])c(C)c([2H])c-2c1C(=O)c1c(F)c([2H])c([2H])c(NS(=O)(=O)CC([2H])([2H])C([2H])([2H])[2H])c1F. The first-order valence-electron chi connectivity index (χ1n) is 12.2. The third kappa shape index (κ3) is 3.68. The van der Waals surface area contributed by atoms with Gasteiger partial charge in [-0.05, 0) is 37.0 Å². The normalized spacial score (nSPS) is 18.0. The van der Waals surface area contributed by atoms with E-state index in [4.69, 9.17) is 13.7 Å². The Balaban J connectivity index is 2.21. The Bertz CT molecular complexity index is 1520. The predicted molar refractivity (Wildman–Crippen MR) is 97.4 cm³/mol. The fraction of sp³-hybridized carbons (Fsp3) is 0.222. The molecule has 2 aliphatic heterocycles. The number of benzene rings is 1. The Kier molecular flexibility index (Phi) is 2.60. The van der Waals surface area contributed by atoms with Crippen molar-refractivity contribution in [2.75, 3.05) is 10.5 Å². The summed E-state index contributed by atoms with van der Waals surface area (Å²) < 4.78 is 132. The number of fused-ring (bicyclic) bond motifs is 1. The molecule has 0 spiro atoms. The molecule has 2 N–H and O–H groups in total. The Hall–Kier alpha value is -2.81. The van der Waals surface area contributed by atoms with Gasteiger partial charge in [-0.15, -0.1) is 0 Å². The van der Waals surface area contributed by atoms with Crippen LogP contribution < -0.4 is 4.72 Å². The summed E-state index contributed by atoms with van der Waals surface area (Å²) in [5.74, 6) is -7.50. The van der Waals surface area contributed by atoms with Crippen molar-refractivity contribution in [2.24, 2.45) is 0 Å². The first-order valence-corrected chi connectivity index (χ1v) is 8.86. The van der Waals surface area contributed by atoms with Gasteiger partial charge in [-0.25, -0.2) is 22.2 Å². The van der Waals surface area contributed by atoms with E-state index < -0.39 is 87.5 Å². The molecule has 9 heteroatoms. The minimum absolute atomic E-state index is 0.00885. The van der Waals surface area contributed by atoms with Gasteiger partial charge in [0, 0.05) is 24.8 Å². The van der Waals surface area contributed by atoms with Gasteiger partial charge in [0.05, 0.1) is 29.4 Å². The van der Waals surface area contributed by atoms with Crippen LogP contribution in [-0.4, -0.2) is 29.9 Å². The number of halogens is 2. The second-order valence-electron chi connectivity index (χ2n) is 5.32. The van der Waals surface area contributed by atoms with E-state index in [0.717, 1.165) is 0 Å². The molecule has 0 unspecified atom stereocenters. The van der Waals surface area contributed by atoms with Gasteiger partial charge in [-0.1, -0.05) is 6.85 Å². The number of H-pyrrole nitrogens is 1. The summed E-state index contributed by atoms with van der Waals surface area (Å²) in [6.07, 6.45) is -4.44. The average Bonchev–Trinajstić information content (AvgIpc) is 3.07.